The van der Waals surface area contributed by atoms with Crippen LogP contribution < -0.4 is 5.32 Å². The first-order valence-corrected chi connectivity index (χ1v) is 9.38. The standard InChI is InChI=1S/C20H24N6O2/c1-24(2)20(28)25-8-3-9-26-17(13-25)11-16(23-26)12-22-19(27)15-5-4-14-6-7-21-18(14)10-15/h4-7,10-11,21H,3,8-9,12-13H2,1-2H3,(H,22,27). The minimum atomic E-state index is -0.135. The van der Waals surface area contributed by atoms with E-state index in [-0.39, 0.29) is 11.9 Å². The highest BCUT2D eigenvalue weighted by molar-refractivity contribution is 5.97. The Morgan fingerprint density at radius 3 is 2.89 bits per heavy atom. The number of nitrogens with zero attached hydrogens (tertiary/aromatic N) is 4. The summed E-state index contributed by atoms with van der Waals surface area (Å²) in [5, 5.41) is 8.61. The average Bonchev–Trinajstić information content (AvgIpc) is 3.26. The van der Waals surface area contributed by atoms with Gasteiger partial charge in [0.2, 0.25) is 0 Å². The molecule has 0 atom stereocenters. The second-order valence-corrected chi connectivity index (χ2v) is 7.26. The number of hydrogen-bond acceptors (Lipinski definition) is 3. The third kappa shape index (κ3) is 3.58. The van der Waals surface area contributed by atoms with Gasteiger partial charge in [-0.3, -0.25) is 9.48 Å². The Labute approximate surface area is 163 Å². The van der Waals surface area contributed by atoms with Crippen molar-refractivity contribution in [3.63, 3.8) is 0 Å². The van der Waals surface area contributed by atoms with Crippen molar-refractivity contribution in [1.29, 1.82) is 0 Å². The summed E-state index contributed by atoms with van der Waals surface area (Å²) in [7, 11) is 3.52. The van der Waals surface area contributed by atoms with E-state index in [0.717, 1.165) is 35.3 Å². The molecule has 3 aromatic rings. The van der Waals surface area contributed by atoms with Crippen LogP contribution in [0.3, 0.4) is 0 Å². The number of fused-ring (bicyclic) bond motifs is 2. The Kier molecular flexibility index (Phi) is 4.77. The smallest absolute Gasteiger partial charge is 0.319 e. The molecule has 0 radical (unpaired) electrons. The monoisotopic (exact) mass is 380 g/mol. The number of carbonyl (C=O) groups is 2. The summed E-state index contributed by atoms with van der Waals surface area (Å²) in [5.41, 5.74) is 3.33. The normalized spacial score (nSPS) is 13.9. The van der Waals surface area contributed by atoms with Crippen molar-refractivity contribution in [2.45, 2.75) is 26.1 Å². The van der Waals surface area contributed by atoms with Gasteiger partial charge in [-0.1, -0.05) is 6.07 Å². The number of benzene rings is 1. The van der Waals surface area contributed by atoms with Crippen molar-refractivity contribution in [3.8, 4) is 0 Å². The fourth-order valence-corrected chi connectivity index (χ4v) is 3.52. The predicted octanol–water partition coefficient (Wildman–Crippen LogP) is 2.18. The van der Waals surface area contributed by atoms with Crippen molar-refractivity contribution in [3.05, 3.63) is 53.5 Å². The molecular formula is C20H24N6O2. The molecule has 0 saturated carbocycles. The Morgan fingerprint density at radius 1 is 1.21 bits per heavy atom. The highest BCUT2D eigenvalue weighted by Crippen LogP contribution is 2.16. The number of nitrogens with one attached hydrogen (secondary N) is 2. The summed E-state index contributed by atoms with van der Waals surface area (Å²) in [4.78, 5) is 31.3. The number of urea groups is 1. The first kappa shape index (κ1) is 18.1. The first-order valence-electron chi connectivity index (χ1n) is 9.38. The summed E-state index contributed by atoms with van der Waals surface area (Å²) in [6.45, 7) is 2.36. The van der Waals surface area contributed by atoms with Crippen LogP contribution in [0, 0.1) is 0 Å². The number of carbonyl (C=O) groups excluding carboxylic acids is 2. The van der Waals surface area contributed by atoms with Gasteiger partial charge < -0.3 is 20.1 Å². The summed E-state index contributed by atoms with van der Waals surface area (Å²) < 4.78 is 1.94. The number of aryl methyl sites for hydroxylation is 1. The van der Waals surface area contributed by atoms with Crippen molar-refractivity contribution in [2.24, 2.45) is 0 Å². The van der Waals surface area contributed by atoms with Gasteiger partial charge in [0.1, 0.15) is 0 Å². The summed E-state index contributed by atoms with van der Waals surface area (Å²) in [6, 6.07) is 9.53. The largest absolute Gasteiger partial charge is 0.361 e. The van der Waals surface area contributed by atoms with Gasteiger partial charge in [-0.25, -0.2) is 4.79 Å². The molecule has 0 bridgehead atoms. The minimum Gasteiger partial charge on any atom is -0.361 e. The van der Waals surface area contributed by atoms with E-state index in [2.05, 4.69) is 15.4 Å². The van der Waals surface area contributed by atoms with E-state index in [1.54, 1.807) is 19.0 Å². The van der Waals surface area contributed by atoms with Crippen LogP contribution in [-0.2, 0) is 19.6 Å². The molecule has 1 aliphatic heterocycles. The lowest BCUT2D eigenvalue weighted by Crippen LogP contribution is -2.38. The zero-order valence-electron chi connectivity index (χ0n) is 16.1. The predicted molar refractivity (Wildman–Crippen MR) is 106 cm³/mol. The lowest BCUT2D eigenvalue weighted by molar-refractivity contribution is 0.0950. The quantitative estimate of drug-likeness (QED) is 0.730. The summed E-state index contributed by atoms with van der Waals surface area (Å²) in [6.07, 6.45) is 2.71. The molecule has 3 amide bonds. The molecule has 28 heavy (non-hydrogen) atoms. The van der Waals surface area contributed by atoms with Crippen molar-refractivity contribution < 1.29 is 9.59 Å². The number of aromatic nitrogens is 3. The lowest BCUT2D eigenvalue weighted by atomic mass is 10.1. The molecular weight excluding hydrogens is 356 g/mol. The number of hydrogen-bond donors (Lipinski definition) is 2. The second kappa shape index (κ2) is 7.38. The van der Waals surface area contributed by atoms with E-state index in [0.29, 0.717) is 25.2 Å². The molecule has 3 heterocycles. The van der Waals surface area contributed by atoms with Gasteiger partial charge in [0.15, 0.2) is 0 Å². The molecule has 146 valence electrons. The van der Waals surface area contributed by atoms with Crippen LogP contribution in [0.25, 0.3) is 10.9 Å². The number of aromatic amines is 1. The topological polar surface area (TPSA) is 86.3 Å². The van der Waals surface area contributed by atoms with Crippen LogP contribution in [0.2, 0.25) is 0 Å². The third-order valence-corrected chi connectivity index (χ3v) is 4.97. The molecule has 0 saturated heterocycles. The third-order valence-electron chi connectivity index (χ3n) is 4.97. The SMILES string of the molecule is CN(C)C(=O)N1CCCn2nc(CNC(=O)c3ccc4cc[nH]c4c3)cc2C1. The number of amides is 3. The average molecular weight is 380 g/mol. The van der Waals surface area contributed by atoms with Gasteiger partial charge in [0.25, 0.3) is 5.91 Å². The molecule has 4 rings (SSSR count). The van der Waals surface area contributed by atoms with E-state index < -0.39 is 0 Å². The highest BCUT2D eigenvalue weighted by Gasteiger charge is 2.21. The molecule has 8 nitrogen and oxygen atoms in total. The Bertz CT molecular complexity index is 1020. The van der Waals surface area contributed by atoms with Gasteiger partial charge in [0.05, 0.1) is 24.5 Å². The van der Waals surface area contributed by atoms with Crippen LogP contribution in [0.1, 0.15) is 28.2 Å². The van der Waals surface area contributed by atoms with E-state index >= 15 is 0 Å². The zero-order chi connectivity index (χ0) is 19.7. The van der Waals surface area contributed by atoms with Crippen molar-refractivity contribution in [2.75, 3.05) is 20.6 Å². The van der Waals surface area contributed by atoms with Crippen molar-refractivity contribution in [1.82, 2.24) is 29.9 Å². The minimum absolute atomic E-state index is 0.00390. The fourth-order valence-electron chi connectivity index (χ4n) is 3.52. The van der Waals surface area contributed by atoms with Crippen LogP contribution in [0.15, 0.2) is 36.5 Å². The van der Waals surface area contributed by atoms with Crippen LogP contribution in [0.4, 0.5) is 4.79 Å². The molecule has 0 aliphatic carbocycles. The van der Waals surface area contributed by atoms with Gasteiger partial charge in [-0.2, -0.15) is 5.10 Å². The van der Waals surface area contributed by atoms with Gasteiger partial charge >= 0.3 is 6.03 Å². The van der Waals surface area contributed by atoms with Gasteiger partial charge in [-0.15, -0.1) is 0 Å². The highest BCUT2D eigenvalue weighted by atomic mass is 16.2. The molecule has 0 fully saturated rings. The van der Waals surface area contributed by atoms with Crippen LogP contribution in [-0.4, -0.2) is 57.1 Å². The van der Waals surface area contributed by atoms with E-state index in [1.165, 1.54) is 0 Å². The summed E-state index contributed by atoms with van der Waals surface area (Å²) in [5.74, 6) is -0.135. The van der Waals surface area contributed by atoms with Crippen LogP contribution in [0.5, 0.6) is 0 Å². The molecule has 1 aromatic carbocycles. The lowest BCUT2D eigenvalue weighted by Gasteiger charge is -2.23. The molecule has 8 heteroatoms. The maximum absolute atomic E-state index is 12.5. The molecule has 0 spiro atoms. The summed E-state index contributed by atoms with van der Waals surface area (Å²) >= 11 is 0. The molecule has 2 aromatic heterocycles. The fraction of sp³-hybridized carbons (Fsp3) is 0.350. The zero-order valence-corrected chi connectivity index (χ0v) is 16.1. The number of H-pyrrole nitrogens is 1. The maximum atomic E-state index is 12.5. The van der Waals surface area contributed by atoms with E-state index in [1.807, 2.05) is 46.1 Å². The molecule has 2 N–H and O–H groups in total. The van der Waals surface area contributed by atoms with Crippen LogP contribution >= 0.6 is 0 Å². The van der Waals surface area contributed by atoms with Crippen molar-refractivity contribution >= 4 is 22.8 Å². The van der Waals surface area contributed by atoms with E-state index in [4.69, 9.17) is 0 Å². The Balaban J connectivity index is 1.43. The Hall–Kier alpha value is -3.29. The van der Waals surface area contributed by atoms with Gasteiger partial charge in [-0.05, 0) is 36.1 Å². The number of rotatable bonds is 3. The Morgan fingerprint density at radius 2 is 2.07 bits per heavy atom. The molecule has 1 aliphatic rings. The second-order valence-electron chi connectivity index (χ2n) is 7.26. The maximum Gasteiger partial charge on any atom is 0.319 e. The first-order chi connectivity index (χ1) is 13.5. The van der Waals surface area contributed by atoms with Gasteiger partial charge in [0, 0.05) is 44.5 Å². The van der Waals surface area contributed by atoms with E-state index in [9.17, 15) is 9.59 Å². The molecule has 0 unspecified atom stereocenters.